The van der Waals surface area contributed by atoms with E-state index in [2.05, 4.69) is 5.32 Å². The maximum absolute atomic E-state index is 12.7. The molecule has 0 spiro atoms. The van der Waals surface area contributed by atoms with Crippen molar-refractivity contribution >= 4 is 41.3 Å². The van der Waals surface area contributed by atoms with Gasteiger partial charge in [-0.15, -0.1) is 0 Å². The lowest BCUT2D eigenvalue weighted by Crippen LogP contribution is -2.30. The summed E-state index contributed by atoms with van der Waals surface area (Å²) >= 11 is 5.97. The van der Waals surface area contributed by atoms with Gasteiger partial charge in [0.15, 0.2) is 0 Å². The third kappa shape index (κ3) is 3.95. The van der Waals surface area contributed by atoms with Crippen molar-refractivity contribution in [3.8, 4) is 11.3 Å². The van der Waals surface area contributed by atoms with Crippen LogP contribution in [-0.4, -0.2) is 25.0 Å². The molecule has 1 fully saturated rings. The molecule has 0 atom stereocenters. The number of carbonyl (C=O) groups excluding carboxylic acids is 3. The van der Waals surface area contributed by atoms with Crippen LogP contribution in [0.25, 0.3) is 17.4 Å². The maximum Gasteiger partial charge on any atom is 0.337 e. The number of urea groups is 1. The van der Waals surface area contributed by atoms with Crippen LogP contribution in [0.3, 0.4) is 0 Å². The van der Waals surface area contributed by atoms with E-state index < -0.39 is 17.9 Å². The highest BCUT2D eigenvalue weighted by molar-refractivity contribution is 6.32. The van der Waals surface area contributed by atoms with Crippen molar-refractivity contribution in [3.63, 3.8) is 0 Å². The first-order valence-electron chi connectivity index (χ1n) is 9.29. The lowest BCUT2D eigenvalue weighted by Gasteiger charge is -2.11. The average molecular weight is 437 g/mol. The van der Waals surface area contributed by atoms with Crippen molar-refractivity contribution in [1.29, 1.82) is 0 Å². The van der Waals surface area contributed by atoms with Gasteiger partial charge in [0.2, 0.25) is 0 Å². The molecule has 8 heteroatoms. The van der Waals surface area contributed by atoms with Gasteiger partial charge in [0.1, 0.15) is 17.2 Å². The first-order chi connectivity index (χ1) is 14.9. The predicted molar refractivity (Wildman–Crippen MR) is 116 cm³/mol. The van der Waals surface area contributed by atoms with Gasteiger partial charge in [-0.1, -0.05) is 23.7 Å². The summed E-state index contributed by atoms with van der Waals surface area (Å²) in [4.78, 5) is 37.8. The number of rotatable bonds is 4. The van der Waals surface area contributed by atoms with E-state index in [9.17, 15) is 14.4 Å². The van der Waals surface area contributed by atoms with Crippen molar-refractivity contribution in [2.45, 2.75) is 6.92 Å². The Bertz CT molecular complexity index is 1240. The van der Waals surface area contributed by atoms with Crippen molar-refractivity contribution in [2.24, 2.45) is 0 Å². The quantitative estimate of drug-likeness (QED) is 0.361. The number of amides is 3. The number of nitrogens with one attached hydrogen (secondary N) is 1. The molecule has 1 aliphatic rings. The number of esters is 1. The number of methoxy groups -OCH3 is 1. The van der Waals surface area contributed by atoms with E-state index in [0.717, 1.165) is 16.0 Å². The number of ether oxygens (including phenoxy) is 1. The molecule has 0 radical (unpaired) electrons. The van der Waals surface area contributed by atoms with E-state index in [1.54, 1.807) is 48.5 Å². The molecule has 31 heavy (non-hydrogen) atoms. The number of benzene rings is 2. The van der Waals surface area contributed by atoms with Crippen LogP contribution in [0.15, 0.2) is 64.7 Å². The van der Waals surface area contributed by atoms with Crippen molar-refractivity contribution in [3.05, 3.63) is 82.2 Å². The lowest BCUT2D eigenvalue weighted by atomic mass is 10.0. The lowest BCUT2D eigenvalue weighted by molar-refractivity contribution is -0.113. The summed E-state index contributed by atoms with van der Waals surface area (Å²) in [6.45, 7) is 1.85. The van der Waals surface area contributed by atoms with Crippen molar-refractivity contribution < 1.29 is 23.5 Å². The number of hydrogen-bond acceptors (Lipinski definition) is 5. The van der Waals surface area contributed by atoms with Crippen molar-refractivity contribution in [2.75, 3.05) is 12.0 Å². The molecule has 7 nitrogen and oxygen atoms in total. The van der Waals surface area contributed by atoms with E-state index in [4.69, 9.17) is 20.8 Å². The van der Waals surface area contributed by atoms with Crippen LogP contribution in [0.4, 0.5) is 10.5 Å². The average Bonchev–Trinajstić information content (AvgIpc) is 3.31. The summed E-state index contributed by atoms with van der Waals surface area (Å²) in [6.07, 6.45) is 1.46. The topological polar surface area (TPSA) is 88.9 Å². The zero-order chi connectivity index (χ0) is 22.1. The largest absolute Gasteiger partial charge is 0.465 e. The standard InChI is InChI=1S/C23H17ClN2O5/c1-13-10-14(22(28)30-2)6-8-18(13)20-9-7-17(31-20)12-19-21(27)26(23(29)25-19)16-5-3-4-15(24)11-16/h3-12H,1-2H3,(H,25,29). The summed E-state index contributed by atoms with van der Waals surface area (Å²) in [5, 5.41) is 2.97. The van der Waals surface area contributed by atoms with Crippen LogP contribution < -0.4 is 10.2 Å². The number of halogens is 1. The molecule has 0 unspecified atom stereocenters. The normalized spacial score (nSPS) is 14.8. The molecule has 1 aliphatic heterocycles. The van der Waals surface area contributed by atoms with Gasteiger partial charge >= 0.3 is 12.0 Å². The molecule has 0 saturated carbocycles. The fraction of sp³-hybridized carbons (Fsp3) is 0.0870. The summed E-state index contributed by atoms with van der Waals surface area (Å²) in [5.74, 6) is 0.0235. The number of nitrogens with zero attached hydrogens (tertiary/aromatic N) is 1. The molecule has 1 saturated heterocycles. The fourth-order valence-electron chi connectivity index (χ4n) is 3.29. The molecule has 3 amide bonds. The van der Waals surface area contributed by atoms with Crippen LogP contribution in [0, 0.1) is 6.92 Å². The number of carbonyl (C=O) groups is 3. The van der Waals surface area contributed by atoms with Gasteiger partial charge in [-0.25, -0.2) is 14.5 Å². The molecule has 4 rings (SSSR count). The fourth-order valence-corrected chi connectivity index (χ4v) is 3.47. The molecular formula is C23H17ClN2O5. The van der Waals surface area contributed by atoms with Gasteiger partial charge in [-0.2, -0.15) is 0 Å². The molecule has 2 aromatic carbocycles. The van der Waals surface area contributed by atoms with Crippen molar-refractivity contribution in [1.82, 2.24) is 5.32 Å². The monoisotopic (exact) mass is 436 g/mol. The summed E-state index contributed by atoms with van der Waals surface area (Å²) in [7, 11) is 1.33. The minimum atomic E-state index is -0.570. The molecule has 156 valence electrons. The minimum Gasteiger partial charge on any atom is -0.465 e. The number of hydrogen-bond donors (Lipinski definition) is 1. The number of anilines is 1. The van der Waals surface area contributed by atoms with Crippen LogP contribution >= 0.6 is 11.6 Å². The van der Waals surface area contributed by atoms with E-state index in [1.807, 2.05) is 6.92 Å². The smallest absolute Gasteiger partial charge is 0.337 e. The first kappa shape index (κ1) is 20.4. The highest BCUT2D eigenvalue weighted by atomic mass is 35.5. The number of furan rings is 1. The maximum atomic E-state index is 12.7. The zero-order valence-corrected chi connectivity index (χ0v) is 17.4. The second-order valence-corrected chi connectivity index (χ2v) is 7.27. The molecule has 1 aromatic heterocycles. The minimum absolute atomic E-state index is 0.0867. The third-order valence-electron chi connectivity index (χ3n) is 4.77. The summed E-state index contributed by atoms with van der Waals surface area (Å²) in [6, 6.07) is 14.5. The van der Waals surface area contributed by atoms with Crippen LogP contribution in [0.5, 0.6) is 0 Å². The SMILES string of the molecule is COC(=O)c1ccc(-c2ccc(C=C3NC(=O)N(c4cccc(Cl)c4)C3=O)o2)c(C)c1. The van der Waals surface area contributed by atoms with Gasteiger partial charge in [-0.3, -0.25) is 4.79 Å². The van der Waals surface area contributed by atoms with Gasteiger partial charge < -0.3 is 14.5 Å². The summed E-state index contributed by atoms with van der Waals surface area (Å²) < 4.78 is 10.6. The third-order valence-corrected chi connectivity index (χ3v) is 5.01. The Morgan fingerprint density at radius 1 is 1.13 bits per heavy atom. The highest BCUT2D eigenvalue weighted by Gasteiger charge is 2.35. The second-order valence-electron chi connectivity index (χ2n) is 6.83. The molecule has 1 N–H and O–H groups in total. The van der Waals surface area contributed by atoms with Gasteiger partial charge in [-0.05, 0) is 55.0 Å². The Labute approximate surface area is 182 Å². The molecule has 3 aromatic rings. The van der Waals surface area contributed by atoms with E-state index in [1.165, 1.54) is 19.3 Å². The summed E-state index contributed by atoms with van der Waals surface area (Å²) in [5.41, 5.74) is 2.52. The predicted octanol–water partition coefficient (Wildman–Crippen LogP) is 4.79. The Balaban J connectivity index is 1.60. The highest BCUT2D eigenvalue weighted by Crippen LogP contribution is 2.29. The Morgan fingerprint density at radius 3 is 2.65 bits per heavy atom. The number of aryl methyl sites for hydroxylation is 1. The van der Waals surface area contributed by atoms with Gasteiger partial charge in [0.05, 0.1) is 18.4 Å². The first-order valence-corrected chi connectivity index (χ1v) is 9.67. The van der Waals surface area contributed by atoms with Gasteiger partial charge in [0, 0.05) is 16.7 Å². The van der Waals surface area contributed by atoms with Crippen LogP contribution in [0.1, 0.15) is 21.7 Å². The Hall–Kier alpha value is -3.84. The Morgan fingerprint density at radius 2 is 1.94 bits per heavy atom. The van der Waals surface area contributed by atoms with Crippen LogP contribution in [-0.2, 0) is 9.53 Å². The zero-order valence-electron chi connectivity index (χ0n) is 16.6. The van der Waals surface area contributed by atoms with E-state index in [0.29, 0.717) is 27.8 Å². The number of imide groups is 1. The second kappa shape index (κ2) is 8.12. The molecule has 2 heterocycles. The molecular weight excluding hydrogens is 420 g/mol. The van der Waals surface area contributed by atoms with Crippen LogP contribution in [0.2, 0.25) is 5.02 Å². The van der Waals surface area contributed by atoms with E-state index >= 15 is 0 Å². The van der Waals surface area contributed by atoms with Gasteiger partial charge in [0.25, 0.3) is 5.91 Å². The Kier molecular flexibility index (Phi) is 5.35. The van der Waals surface area contributed by atoms with E-state index in [-0.39, 0.29) is 5.70 Å². The molecule has 0 aliphatic carbocycles. The molecule has 0 bridgehead atoms.